The molecule has 9 heteroatoms. The number of phenols is 2. The second kappa shape index (κ2) is 12.0. The minimum Gasteiger partial charge on any atom is -0.507 e. The number of methoxy groups -OCH3 is 1. The highest BCUT2D eigenvalue weighted by Crippen LogP contribution is 2.40. The van der Waals surface area contributed by atoms with Gasteiger partial charge in [0.05, 0.1) is 13.2 Å². The third-order valence-electron chi connectivity index (χ3n) is 7.12. The van der Waals surface area contributed by atoms with Crippen molar-refractivity contribution in [1.29, 1.82) is 0 Å². The van der Waals surface area contributed by atoms with E-state index in [0.717, 1.165) is 11.1 Å². The molecule has 2 N–H and O–H groups in total. The Bertz CT molecular complexity index is 1410. The van der Waals surface area contributed by atoms with E-state index in [1.165, 1.54) is 0 Å². The molecule has 0 aromatic heterocycles. The number of aryl methyl sites for hydroxylation is 1. The minimum atomic E-state index is -1.29. The molecule has 3 aromatic rings. The summed E-state index contributed by atoms with van der Waals surface area (Å²) in [7, 11) is 1.57. The molecule has 2 unspecified atom stereocenters. The molecule has 0 aliphatic carbocycles. The first-order valence-corrected chi connectivity index (χ1v) is 13.5. The van der Waals surface area contributed by atoms with Crippen molar-refractivity contribution in [2.45, 2.75) is 57.2 Å². The molecule has 216 valence electrons. The van der Waals surface area contributed by atoms with Gasteiger partial charge in [-0.1, -0.05) is 36.4 Å². The number of nitrogens with zero attached hydrogens (tertiary/aromatic N) is 2. The topological polar surface area (TPSA) is 111 Å². The van der Waals surface area contributed by atoms with E-state index in [1.54, 1.807) is 49.9 Å². The van der Waals surface area contributed by atoms with Crippen molar-refractivity contribution in [2.75, 3.05) is 20.3 Å². The van der Waals surface area contributed by atoms with Crippen LogP contribution in [0.2, 0.25) is 0 Å². The maximum atomic E-state index is 10.8. The average molecular weight is 561 g/mol. The van der Waals surface area contributed by atoms with Gasteiger partial charge in [-0.2, -0.15) is 0 Å². The Kier molecular flexibility index (Phi) is 8.42. The highest BCUT2D eigenvalue weighted by atomic mass is 16.8. The molecular weight excluding hydrogens is 524 g/mol. The SMILES string of the molecule is CO[C@@H]1C2OC(C)(C)O[C@@H]2COC1(CN=Cc1ccc(C)cc1O)N=Cc1ccc(OCc2ccccc2)cc1O. The van der Waals surface area contributed by atoms with Crippen LogP contribution in [0.1, 0.15) is 36.1 Å². The van der Waals surface area contributed by atoms with Crippen LogP contribution in [0, 0.1) is 6.92 Å². The zero-order chi connectivity index (χ0) is 29.0. The van der Waals surface area contributed by atoms with Crippen molar-refractivity contribution >= 4 is 12.4 Å². The van der Waals surface area contributed by atoms with Crippen LogP contribution in [0.25, 0.3) is 0 Å². The van der Waals surface area contributed by atoms with Gasteiger partial charge >= 0.3 is 0 Å². The summed E-state index contributed by atoms with van der Waals surface area (Å²) >= 11 is 0. The fourth-order valence-electron chi connectivity index (χ4n) is 5.10. The molecule has 3 aromatic carbocycles. The van der Waals surface area contributed by atoms with E-state index in [2.05, 4.69) is 4.99 Å². The number of phenolic OH excluding ortho intramolecular Hbond substituents is 2. The fraction of sp³-hybridized carbons (Fsp3) is 0.375. The molecular formula is C32H36N2O7. The van der Waals surface area contributed by atoms with E-state index >= 15 is 0 Å². The Balaban J connectivity index is 1.40. The van der Waals surface area contributed by atoms with Gasteiger partial charge < -0.3 is 33.9 Å². The van der Waals surface area contributed by atoms with Crippen molar-refractivity contribution in [3.63, 3.8) is 0 Å². The molecule has 2 aliphatic heterocycles. The van der Waals surface area contributed by atoms with E-state index in [4.69, 9.17) is 28.7 Å². The Labute approximate surface area is 240 Å². The Morgan fingerprint density at radius 2 is 1.68 bits per heavy atom. The third-order valence-corrected chi connectivity index (χ3v) is 7.12. The number of hydrogen-bond acceptors (Lipinski definition) is 9. The molecule has 41 heavy (non-hydrogen) atoms. The Hall–Kier alpha value is -3.76. The molecule has 2 heterocycles. The van der Waals surface area contributed by atoms with Crippen molar-refractivity contribution in [1.82, 2.24) is 0 Å². The van der Waals surface area contributed by atoms with Crippen LogP contribution in [0.15, 0.2) is 76.7 Å². The second-order valence-corrected chi connectivity index (χ2v) is 10.7. The first kappa shape index (κ1) is 28.8. The predicted octanol–water partition coefficient (Wildman–Crippen LogP) is 4.78. The summed E-state index contributed by atoms with van der Waals surface area (Å²) < 4.78 is 30.3. The molecule has 9 nitrogen and oxygen atoms in total. The van der Waals surface area contributed by atoms with Crippen LogP contribution in [-0.2, 0) is 25.6 Å². The fourth-order valence-corrected chi connectivity index (χ4v) is 5.10. The number of fused-ring (bicyclic) bond motifs is 1. The molecule has 0 amide bonds. The lowest BCUT2D eigenvalue weighted by Gasteiger charge is -2.43. The Morgan fingerprint density at radius 1 is 0.951 bits per heavy atom. The number of rotatable bonds is 9. The van der Waals surface area contributed by atoms with E-state index in [0.29, 0.717) is 23.5 Å². The maximum Gasteiger partial charge on any atom is 0.207 e. The smallest absolute Gasteiger partial charge is 0.207 e. The van der Waals surface area contributed by atoms with Gasteiger partial charge in [0.15, 0.2) is 5.79 Å². The summed E-state index contributed by atoms with van der Waals surface area (Å²) in [5, 5.41) is 21.1. The summed E-state index contributed by atoms with van der Waals surface area (Å²) in [5.41, 5.74) is 1.73. The van der Waals surface area contributed by atoms with Gasteiger partial charge in [-0.15, -0.1) is 0 Å². The van der Waals surface area contributed by atoms with Gasteiger partial charge in [0.1, 0.15) is 42.2 Å². The van der Waals surface area contributed by atoms with Crippen LogP contribution in [0.5, 0.6) is 17.2 Å². The third kappa shape index (κ3) is 6.60. The lowest BCUT2D eigenvalue weighted by molar-refractivity contribution is -0.211. The van der Waals surface area contributed by atoms with Gasteiger partial charge in [0.2, 0.25) is 5.72 Å². The normalized spacial score (nSPS) is 25.5. The van der Waals surface area contributed by atoms with E-state index in [1.807, 2.05) is 57.2 Å². The summed E-state index contributed by atoms with van der Waals surface area (Å²) in [6.07, 6.45) is 1.67. The molecule has 0 spiro atoms. The summed E-state index contributed by atoms with van der Waals surface area (Å²) in [6, 6.07) is 20.2. The number of aliphatic imine (C=N–C) groups is 2. The second-order valence-electron chi connectivity index (χ2n) is 10.7. The van der Waals surface area contributed by atoms with E-state index < -0.39 is 23.7 Å². The highest BCUT2D eigenvalue weighted by molar-refractivity contribution is 5.84. The van der Waals surface area contributed by atoms with Gasteiger partial charge in [-0.25, -0.2) is 0 Å². The predicted molar refractivity (Wildman–Crippen MR) is 155 cm³/mol. The van der Waals surface area contributed by atoms with Crippen LogP contribution < -0.4 is 4.74 Å². The molecule has 4 atom stereocenters. The Morgan fingerprint density at radius 3 is 2.41 bits per heavy atom. The van der Waals surface area contributed by atoms with Crippen molar-refractivity contribution in [2.24, 2.45) is 9.98 Å². The zero-order valence-electron chi connectivity index (χ0n) is 23.7. The molecule has 0 radical (unpaired) electrons. The first-order valence-electron chi connectivity index (χ1n) is 13.5. The molecule has 2 aliphatic rings. The van der Waals surface area contributed by atoms with Crippen LogP contribution in [0.3, 0.4) is 0 Å². The molecule has 0 saturated carbocycles. The number of hydrogen-bond donors (Lipinski definition) is 2. The lowest BCUT2D eigenvalue weighted by atomic mass is 9.94. The van der Waals surface area contributed by atoms with E-state index in [9.17, 15) is 10.2 Å². The van der Waals surface area contributed by atoms with Crippen molar-refractivity contribution in [3.8, 4) is 17.2 Å². The largest absolute Gasteiger partial charge is 0.507 e. The first-order chi connectivity index (χ1) is 19.7. The quantitative estimate of drug-likeness (QED) is 0.362. The van der Waals surface area contributed by atoms with Crippen LogP contribution in [-0.4, -0.2) is 72.7 Å². The maximum absolute atomic E-state index is 10.8. The summed E-state index contributed by atoms with van der Waals surface area (Å²) in [6.45, 7) is 6.27. The number of benzene rings is 3. The number of ether oxygens (including phenoxy) is 5. The molecule has 0 bridgehead atoms. The standard InChI is InChI=1S/C32H36N2O7/c1-21-10-11-23(26(35)14-21)16-33-20-32(30(37-4)29-28(19-39-32)40-31(2,3)41-29)34-17-24-12-13-25(15-27(24)36)38-18-22-8-6-5-7-9-22/h5-17,28-30,35-36H,18-20H2,1-4H3/t28-,29?,30-,32?/m1/s1. The monoisotopic (exact) mass is 560 g/mol. The molecule has 2 fully saturated rings. The van der Waals surface area contributed by atoms with E-state index in [-0.39, 0.29) is 30.8 Å². The van der Waals surface area contributed by atoms with Crippen molar-refractivity contribution in [3.05, 3.63) is 89.0 Å². The van der Waals surface area contributed by atoms with Crippen molar-refractivity contribution < 1.29 is 33.9 Å². The molecule has 5 rings (SSSR count). The summed E-state index contributed by atoms with van der Waals surface area (Å²) in [4.78, 5) is 9.41. The minimum absolute atomic E-state index is 0.00627. The van der Waals surface area contributed by atoms with Gasteiger partial charge in [0, 0.05) is 36.7 Å². The zero-order valence-corrected chi connectivity index (χ0v) is 23.7. The summed E-state index contributed by atoms with van der Waals surface area (Å²) in [5.74, 6) is -0.133. The van der Waals surface area contributed by atoms with Crippen LogP contribution >= 0.6 is 0 Å². The number of aromatic hydroxyl groups is 2. The van der Waals surface area contributed by atoms with Crippen LogP contribution in [0.4, 0.5) is 0 Å². The lowest BCUT2D eigenvalue weighted by Crippen LogP contribution is -2.61. The molecule has 2 saturated heterocycles. The van der Waals surface area contributed by atoms with Gasteiger partial charge in [-0.05, 0) is 56.2 Å². The average Bonchev–Trinajstić information content (AvgIpc) is 3.27. The highest BCUT2D eigenvalue weighted by Gasteiger charge is 2.58. The van der Waals surface area contributed by atoms with Gasteiger partial charge in [-0.3, -0.25) is 9.98 Å². The van der Waals surface area contributed by atoms with Gasteiger partial charge in [0.25, 0.3) is 0 Å².